The van der Waals surface area contributed by atoms with Gasteiger partial charge in [-0.1, -0.05) is 38.5 Å². The smallest absolute Gasteiger partial charge is 0.191 e. The Kier molecular flexibility index (Phi) is 7.38. The first kappa shape index (κ1) is 19.5. The van der Waals surface area contributed by atoms with Crippen molar-refractivity contribution in [1.82, 2.24) is 10.6 Å². The van der Waals surface area contributed by atoms with Gasteiger partial charge in [0.15, 0.2) is 5.96 Å². The third-order valence-corrected chi connectivity index (χ3v) is 6.39. The first-order chi connectivity index (χ1) is 11.4. The summed E-state index contributed by atoms with van der Waals surface area (Å²) in [5, 5.41) is 6.67. The normalized spacial score (nSPS) is 21.0. The van der Waals surface area contributed by atoms with Crippen LogP contribution in [0.3, 0.4) is 0 Å². The van der Waals surface area contributed by atoms with Gasteiger partial charge in [-0.3, -0.25) is 4.99 Å². The molecule has 2 fully saturated rings. The van der Waals surface area contributed by atoms with Crippen LogP contribution in [0, 0.1) is 11.3 Å². The molecule has 2 N–H and O–H groups in total. The largest absolute Gasteiger partial charge is 0.357 e. The molecule has 0 atom stereocenters. The number of rotatable bonds is 10. The van der Waals surface area contributed by atoms with Gasteiger partial charge in [0.2, 0.25) is 0 Å². The van der Waals surface area contributed by atoms with Crippen LogP contribution in [-0.2, 0) is 9.84 Å². The summed E-state index contributed by atoms with van der Waals surface area (Å²) in [7, 11) is -2.92. The molecule has 2 aliphatic rings. The van der Waals surface area contributed by atoms with Crippen molar-refractivity contribution in [3.63, 3.8) is 0 Å². The lowest BCUT2D eigenvalue weighted by Gasteiger charge is -2.15. The number of unbranched alkanes of at least 4 members (excludes halogenated alkanes) is 1. The predicted molar refractivity (Wildman–Crippen MR) is 101 cm³/mol. The number of hydrogen-bond donors (Lipinski definition) is 2. The minimum absolute atomic E-state index is 0.0988. The van der Waals surface area contributed by atoms with Crippen molar-refractivity contribution in [3.05, 3.63) is 0 Å². The summed E-state index contributed by atoms with van der Waals surface area (Å²) in [6.45, 7) is 4.43. The third-order valence-electron chi connectivity index (χ3n) is 5.25. The molecule has 2 saturated carbocycles. The third kappa shape index (κ3) is 7.41. The first-order valence-corrected chi connectivity index (χ1v) is 11.7. The zero-order valence-electron chi connectivity index (χ0n) is 15.4. The molecule has 24 heavy (non-hydrogen) atoms. The van der Waals surface area contributed by atoms with E-state index in [0.29, 0.717) is 6.54 Å². The molecule has 0 amide bonds. The SMILES string of the molecule is CCNC(=NCC1(CS(C)(=O)=O)CC1)NCCCCC1CCCC1. The fourth-order valence-electron chi connectivity index (χ4n) is 3.73. The standard InChI is InChI=1S/C18H35N3O2S/c1-3-19-17(20-13-7-6-10-16-8-4-5-9-16)21-14-18(11-12-18)15-24(2,22)23/h16H,3-15H2,1-2H3,(H2,19,20,21). The second-order valence-electron chi connectivity index (χ2n) is 7.84. The molecule has 6 heteroatoms. The van der Waals surface area contributed by atoms with E-state index in [0.717, 1.165) is 37.8 Å². The van der Waals surface area contributed by atoms with Gasteiger partial charge in [-0.2, -0.15) is 0 Å². The monoisotopic (exact) mass is 357 g/mol. The van der Waals surface area contributed by atoms with E-state index < -0.39 is 9.84 Å². The molecule has 0 saturated heterocycles. The van der Waals surface area contributed by atoms with Gasteiger partial charge in [-0.05, 0) is 32.1 Å². The average Bonchev–Trinajstić information content (AvgIpc) is 3.05. The second kappa shape index (κ2) is 9.07. The highest BCUT2D eigenvalue weighted by Gasteiger charge is 2.45. The van der Waals surface area contributed by atoms with Crippen molar-refractivity contribution in [2.75, 3.05) is 31.6 Å². The van der Waals surface area contributed by atoms with E-state index in [9.17, 15) is 8.42 Å². The maximum atomic E-state index is 11.5. The number of guanidine groups is 1. The molecule has 0 unspecified atom stereocenters. The Labute approximate surface area is 148 Å². The summed E-state index contributed by atoms with van der Waals surface area (Å²) in [5.74, 6) is 2.07. The Morgan fingerprint density at radius 2 is 1.88 bits per heavy atom. The number of sulfone groups is 1. The van der Waals surface area contributed by atoms with E-state index in [1.165, 1.54) is 51.2 Å². The predicted octanol–water partition coefficient (Wildman–Crippen LogP) is 2.73. The summed E-state index contributed by atoms with van der Waals surface area (Å²) in [6, 6.07) is 0. The molecule has 0 aromatic heterocycles. The molecule has 0 aromatic rings. The molecule has 0 aromatic carbocycles. The Bertz CT molecular complexity index is 506. The van der Waals surface area contributed by atoms with E-state index in [1.54, 1.807) is 0 Å². The zero-order valence-corrected chi connectivity index (χ0v) is 16.3. The van der Waals surface area contributed by atoms with Crippen molar-refractivity contribution in [2.45, 2.75) is 64.7 Å². The van der Waals surface area contributed by atoms with Gasteiger partial charge in [0.05, 0.1) is 5.75 Å². The Morgan fingerprint density at radius 1 is 1.17 bits per heavy atom. The molecule has 0 heterocycles. The van der Waals surface area contributed by atoms with E-state index in [-0.39, 0.29) is 11.2 Å². The molecular weight excluding hydrogens is 322 g/mol. The molecular formula is C18H35N3O2S. The molecule has 140 valence electrons. The lowest BCUT2D eigenvalue weighted by atomic mass is 10.0. The quantitative estimate of drug-likeness (QED) is 0.358. The van der Waals surface area contributed by atoms with E-state index in [2.05, 4.69) is 22.5 Å². The van der Waals surface area contributed by atoms with Gasteiger partial charge in [0.1, 0.15) is 9.84 Å². The van der Waals surface area contributed by atoms with Crippen molar-refractivity contribution in [1.29, 1.82) is 0 Å². The summed E-state index contributed by atoms with van der Waals surface area (Å²) >= 11 is 0. The molecule has 2 rings (SSSR count). The summed E-state index contributed by atoms with van der Waals surface area (Å²) in [4.78, 5) is 4.64. The fraction of sp³-hybridized carbons (Fsp3) is 0.944. The van der Waals surface area contributed by atoms with Crippen LogP contribution >= 0.6 is 0 Å². The molecule has 0 bridgehead atoms. The van der Waals surface area contributed by atoms with E-state index >= 15 is 0 Å². The van der Waals surface area contributed by atoms with Gasteiger partial charge in [0.25, 0.3) is 0 Å². The number of aliphatic imine (C=N–C) groups is 1. The zero-order chi connectivity index (χ0) is 17.5. The van der Waals surface area contributed by atoms with Gasteiger partial charge < -0.3 is 10.6 Å². The van der Waals surface area contributed by atoms with Gasteiger partial charge in [0, 0.05) is 31.3 Å². The number of nitrogens with zero attached hydrogens (tertiary/aromatic N) is 1. The maximum Gasteiger partial charge on any atom is 0.191 e. The summed E-state index contributed by atoms with van der Waals surface area (Å²) in [6.07, 6.45) is 12.8. The van der Waals surface area contributed by atoms with Gasteiger partial charge in [-0.15, -0.1) is 0 Å². The van der Waals surface area contributed by atoms with Crippen LogP contribution in [0.5, 0.6) is 0 Å². The first-order valence-electron chi connectivity index (χ1n) is 9.62. The van der Waals surface area contributed by atoms with Crippen molar-refractivity contribution in [3.8, 4) is 0 Å². The molecule has 0 radical (unpaired) electrons. The highest BCUT2D eigenvalue weighted by atomic mass is 32.2. The van der Waals surface area contributed by atoms with Crippen LogP contribution in [0.2, 0.25) is 0 Å². The van der Waals surface area contributed by atoms with Crippen LogP contribution in [0.4, 0.5) is 0 Å². The van der Waals surface area contributed by atoms with Gasteiger partial charge in [-0.25, -0.2) is 8.42 Å². The Morgan fingerprint density at radius 3 is 2.46 bits per heavy atom. The second-order valence-corrected chi connectivity index (χ2v) is 9.98. The van der Waals surface area contributed by atoms with E-state index in [1.807, 2.05) is 0 Å². The molecule has 5 nitrogen and oxygen atoms in total. The lowest BCUT2D eigenvalue weighted by molar-refractivity contribution is 0.472. The highest BCUT2D eigenvalue weighted by Crippen LogP contribution is 2.46. The van der Waals surface area contributed by atoms with Crippen LogP contribution < -0.4 is 10.6 Å². The fourth-order valence-corrected chi connectivity index (χ4v) is 5.23. The van der Waals surface area contributed by atoms with E-state index in [4.69, 9.17) is 0 Å². The Hall–Kier alpha value is -0.780. The number of nitrogens with one attached hydrogen (secondary N) is 2. The minimum atomic E-state index is -2.92. The topological polar surface area (TPSA) is 70.6 Å². The highest BCUT2D eigenvalue weighted by molar-refractivity contribution is 7.90. The van der Waals surface area contributed by atoms with Crippen LogP contribution in [0.1, 0.15) is 64.7 Å². The maximum absolute atomic E-state index is 11.5. The van der Waals surface area contributed by atoms with Crippen molar-refractivity contribution in [2.24, 2.45) is 16.3 Å². The lowest BCUT2D eigenvalue weighted by Crippen LogP contribution is -2.38. The van der Waals surface area contributed by atoms with Crippen LogP contribution in [0.15, 0.2) is 4.99 Å². The average molecular weight is 358 g/mol. The summed E-state index contributed by atoms with van der Waals surface area (Å²) in [5.41, 5.74) is -0.0988. The van der Waals surface area contributed by atoms with Crippen LogP contribution in [-0.4, -0.2) is 46.0 Å². The molecule has 2 aliphatic carbocycles. The van der Waals surface area contributed by atoms with Crippen molar-refractivity contribution < 1.29 is 8.42 Å². The van der Waals surface area contributed by atoms with Gasteiger partial charge >= 0.3 is 0 Å². The molecule has 0 aliphatic heterocycles. The molecule has 0 spiro atoms. The Balaban J connectivity index is 1.68. The van der Waals surface area contributed by atoms with Crippen molar-refractivity contribution >= 4 is 15.8 Å². The summed E-state index contributed by atoms with van der Waals surface area (Å²) < 4.78 is 23.1. The minimum Gasteiger partial charge on any atom is -0.357 e. The number of hydrogen-bond acceptors (Lipinski definition) is 3. The van der Waals surface area contributed by atoms with Crippen LogP contribution in [0.25, 0.3) is 0 Å².